The van der Waals surface area contributed by atoms with Crippen LogP contribution in [0.3, 0.4) is 0 Å². The van der Waals surface area contributed by atoms with E-state index in [0.29, 0.717) is 37.7 Å². The molecule has 0 aromatic heterocycles. The predicted molar refractivity (Wildman–Crippen MR) is 106 cm³/mol. The quantitative estimate of drug-likeness (QED) is 0.762. The van der Waals surface area contributed by atoms with E-state index in [1.54, 1.807) is 16.7 Å². The molecule has 3 amide bonds. The first kappa shape index (κ1) is 20.5. The highest BCUT2D eigenvalue weighted by molar-refractivity contribution is 7.99. The van der Waals surface area contributed by atoms with Crippen molar-refractivity contribution in [3.8, 4) is 0 Å². The molecule has 0 aromatic carbocycles. The van der Waals surface area contributed by atoms with Gasteiger partial charge in [-0.15, -0.1) is 11.8 Å². The first-order valence-corrected chi connectivity index (χ1v) is 11.1. The van der Waals surface area contributed by atoms with Gasteiger partial charge in [-0.1, -0.05) is 20.8 Å². The van der Waals surface area contributed by atoms with Gasteiger partial charge < -0.3 is 20.0 Å². The Labute approximate surface area is 166 Å². The van der Waals surface area contributed by atoms with Crippen LogP contribution in [0, 0.1) is 5.41 Å². The van der Waals surface area contributed by atoms with Gasteiger partial charge in [-0.3, -0.25) is 14.4 Å². The summed E-state index contributed by atoms with van der Waals surface area (Å²) in [6.07, 6.45) is 2.31. The monoisotopic (exact) mass is 396 g/mol. The smallest absolute Gasteiger partial charge is 0.246 e. The number of piperidine rings is 1. The minimum absolute atomic E-state index is 0.0505. The van der Waals surface area contributed by atoms with Gasteiger partial charge in [0.1, 0.15) is 6.04 Å². The molecule has 3 fully saturated rings. The minimum atomic E-state index is -0.359. The summed E-state index contributed by atoms with van der Waals surface area (Å²) < 4.78 is 0. The van der Waals surface area contributed by atoms with Crippen molar-refractivity contribution in [1.82, 2.24) is 20.0 Å². The summed E-state index contributed by atoms with van der Waals surface area (Å²) in [7, 11) is 0. The summed E-state index contributed by atoms with van der Waals surface area (Å²) in [5.74, 6) is 1.51. The maximum absolute atomic E-state index is 13.2. The van der Waals surface area contributed by atoms with E-state index in [4.69, 9.17) is 0 Å². The Morgan fingerprint density at radius 1 is 1.26 bits per heavy atom. The molecule has 8 heteroatoms. The molecule has 3 aliphatic heterocycles. The average molecular weight is 397 g/mol. The van der Waals surface area contributed by atoms with Gasteiger partial charge in [-0.2, -0.15) is 0 Å². The highest BCUT2D eigenvalue weighted by atomic mass is 32.2. The number of hydrogen-bond donors (Lipinski definition) is 1. The average Bonchev–Trinajstić information content (AvgIpc) is 3.10. The van der Waals surface area contributed by atoms with E-state index in [0.717, 1.165) is 25.9 Å². The molecule has 0 aromatic rings. The summed E-state index contributed by atoms with van der Waals surface area (Å²) in [5.41, 5.74) is -0.0865. The summed E-state index contributed by atoms with van der Waals surface area (Å²) in [6, 6.07) is -0.257. The van der Waals surface area contributed by atoms with Crippen molar-refractivity contribution < 1.29 is 14.4 Å². The third-order valence-electron chi connectivity index (χ3n) is 5.44. The zero-order valence-electron chi connectivity index (χ0n) is 16.7. The lowest BCUT2D eigenvalue weighted by molar-refractivity contribution is -0.147. The number of carbonyl (C=O) groups excluding carboxylic acids is 3. The number of hydrogen-bond acceptors (Lipinski definition) is 5. The largest absolute Gasteiger partial charge is 0.339 e. The van der Waals surface area contributed by atoms with Crippen LogP contribution in [0.25, 0.3) is 0 Å². The summed E-state index contributed by atoms with van der Waals surface area (Å²) in [6.45, 7) is 9.36. The Hall–Kier alpha value is -1.28. The fourth-order valence-electron chi connectivity index (χ4n) is 4.08. The molecule has 0 aliphatic carbocycles. The van der Waals surface area contributed by atoms with Crippen LogP contribution in [0.4, 0.5) is 0 Å². The molecule has 0 bridgehead atoms. The molecule has 27 heavy (non-hydrogen) atoms. The molecule has 0 saturated carbocycles. The number of thioether (sulfide) groups is 1. The van der Waals surface area contributed by atoms with Crippen LogP contribution in [0.2, 0.25) is 0 Å². The summed E-state index contributed by atoms with van der Waals surface area (Å²) in [5, 5.41) is 3.10. The van der Waals surface area contributed by atoms with Gasteiger partial charge in [0.05, 0.1) is 12.4 Å². The van der Waals surface area contributed by atoms with Crippen molar-refractivity contribution in [1.29, 1.82) is 0 Å². The molecule has 2 atom stereocenters. The van der Waals surface area contributed by atoms with Crippen LogP contribution >= 0.6 is 11.8 Å². The zero-order chi connectivity index (χ0) is 19.6. The lowest BCUT2D eigenvalue weighted by Crippen LogP contribution is -2.59. The third-order valence-corrected chi connectivity index (χ3v) is 6.46. The van der Waals surface area contributed by atoms with Gasteiger partial charge in [-0.05, 0) is 18.3 Å². The van der Waals surface area contributed by atoms with Crippen LogP contribution in [0.1, 0.15) is 40.0 Å². The molecule has 3 heterocycles. The van der Waals surface area contributed by atoms with Crippen molar-refractivity contribution in [2.45, 2.75) is 52.1 Å². The lowest BCUT2D eigenvalue weighted by Gasteiger charge is -2.42. The van der Waals surface area contributed by atoms with Gasteiger partial charge >= 0.3 is 0 Å². The molecular formula is C19H32N4O3S. The highest BCUT2D eigenvalue weighted by Gasteiger charge is 2.40. The molecule has 152 valence electrons. The van der Waals surface area contributed by atoms with Crippen molar-refractivity contribution in [2.75, 3.05) is 44.4 Å². The normalized spacial score (nSPS) is 27.2. The van der Waals surface area contributed by atoms with Gasteiger partial charge in [0.25, 0.3) is 0 Å². The van der Waals surface area contributed by atoms with E-state index in [9.17, 15) is 14.4 Å². The number of nitrogens with one attached hydrogen (secondary N) is 1. The zero-order valence-corrected chi connectivity index (χ0v) is 17.5. The number of amides is 3. The molecular weight excluding hydrogens is 364 g/mol. The Morgan fingerprint density at radius 2 is 2.04 bits per heavy atom. The Morgan fingerprint density at radius 3 is 2.74 bits per heavy atom. The second-order valence-electron chi connectivity index (χ2n) is 8.96. The topological polar surface area (TPSA) is 73.0 Å². The van der Waals surface area contributed by atoms with Gasteiger partial charge in [0.2, 0.25) is 17.7 Å². The van der Waals surface area contributed by atoms with Gasteiger partial charge in [0, 0.05) is 44.4 Å². The molecule has 3 rings (SSSR count). The van der Waals surface area contributed by atoms with Crippen LogP contribution in [-0.4, -0.2) is 88.9 Å². The summed E-state index contributed by atoms with van der Waals surface area (Å²) >= 11 is 1.65. The molecule has 0 radical (unpaired) electrons. The van der Waals surface area contributed by atoms with Gasteiger partial charge in [0.15, 0.2) is 0 Å². The van der Waals surface area contributed by atoms with E-state index in [2.05, 4.69) is 5.32 Å². The van der Waals surface area contributed by atoms with Crippen molar-refractivity contribution in [2.24, 2.45) is 5.41 Å². The fraction of sp³-hybridized carbons (Fsp3) is 0.842. The van der Waals surface area contributed by atoms with Crippen LogP contribution in [0.5, 0.6) is 0 Å². The Kier molecular flexibility index (Phi) is 6.35. The maximum Gasteiger partial charge on any atom is 0.246 e. The van der Waals surface area contributed by atoms with E-state index < -0.39 is 0 Å². The molecule has 1 N–H and O–H groups in total. The van der Waals surface area contributed by atoms with Gasteiger partial charge in [-0.25, -0.2) is 0 Å². The first-order chi connectivity index (χ1) is 12.8. The van der Waals surface area contributed by atoms with Crippen LogP contribution in [0.15, 0.2) is 0 Å². The minimum Gasteiger partial charge on any atom is -0.339 e. The lowest BCUT2D eigenvalue weighted by atomic mass is 9.91. The fourth-order valence-corrected chi connectivity index (χ4v) is 5.25. The Bertz CT molecular complexity index is 592. The number of piperazine rings is 1. The van der Waals surface area contributed by atoms with Crippen molar-refractivity contribution in [3.63, 3.8) is 0 Å². The Balaban J connectivity index is 1.63. The SMILES string of the molecule is CC(C)(C)CC(=O)N1CSCC1C(=O)N1CCCC(N2CCNCC2=O)C1. The van der Waals surface area contributed by atoms with E-state index >= 15 is 0 Å². The summed E-state index contributed by atoms with van der Waals surface area (Å²) in [4.78, 5) is 43.7. The molecule has 3 aliphatic rings. The maximum atomic E-state index is 13.2. The predicted octanol–water partition coefficient (Wildman–Crippen LogP) is 0.747. The standard InChI is InChI=1S/C19H32N4O3S/c1-19(2,3)9-16(24)23-13-27-12-15(23)18(26)21-7-4-5-14(11-21)22-8-6-20-10-17(22)25/h14-15,20H,4-13H2,1-3H3. The molecule has 2 unspecified atom stereocenters. The van der Waals surface area contributed by atoms with Crippen LogP contribution in [-0.2, 0) is 14.4 Å². The molecule has 7 nitrogen and oxygen atoms in total. The number of nitrogens with zero attached hydrogens (tertiary/aromatic N) is 3. The first-order valence-electron chi connectivity index (χ1n) is 9.92. The number of carbonyl (C=O) groups is 3. The number of rotatable bonds is 3. The van der Waals surface area contributed by atoms with E-state index in [-0.39, 0.29) is 35.2 Å². The molecule has 0 spiro atoms. The van der Waals surface area contributed by atoms with Crippen molar-refractivity contribution in [3.05, 3.63) is 0 Å². The van der Waals surface area contributed by atoms with Crippen LogP contribution < -0.4 is 5.32 Å². The van der Waals surface area contributed by atoms with E-state index in [1.807, 2.05) is 30.6 Å². The van der Waals surface area contributed by atoms with E-state index in [1.165, 1.54) is 0 Å². The third kappa shape index (κ3) is 4.96. The second-order valence-corrected chi connectivity index (χ2v) is 9.96. The molecule has 3 saturated heterocycles. The van der Waals surface area contributed by atoms with Crippen molar-refractivity contribution >= 4 is 29.5 Å². The highest BCUT2D eigenvalue weighted by Crippen LogP contribution is 2.28. The number of likely N-dealkylation sites (tertiary alicyclic amines) is 1. The second kappa shape index (κ2) is 8.39.